The molecule has 0 aliphatic rings. The van der Waals surface area contributed by atoms with Gasteiger partial charge in [0.1, 0.15) is 17.6 Å². The Kier molecular flexibility index (Phi) is 6.54. The number of aromatic nitrogens is 4. The monoisotopic (exact) mass is 342 g/mol. The number of carbonyl (C=O) groups is 1. The summed E-state index contributed by atoms with van der Waals surface area (Å²) < 4.78 is 17.1. The number of halogens is 1. The van der Waals surface area contributed by atoms with Gasteiger partial charge in [0.2, 0.25) is 11.2 Å². The molecule has 0 aliphatic carbocycles. The predicted octanol–water partition coefficient (Wildman–Crippen LogP) is 1.85. The van der Waals surface area contributed by atoms with Gasteiger partial charge in [-0.2, -0.15) is 10.1 Å². The van der Waals surface area contributed by atoms with Crippen LogP contribution in [0, 0.1) is 0 Å². The van der Waals surface area contributed by atoms with Crippen LogP contribution in [0.4, 0.5) is 0 Å². The molecule has 2 aromatic heterocycles. The summed E-state index contributed by atoms with van der Waals surface area (Å²) in [6.07, 6.45) is 3.41. The van der Waals surface area contributed by atoms with Gasteiger partial charge in [-0.3, -0.25) is 4.68 Å². The van der Waals surface area contributed by atoms with Crippen LogP contribution in [0.2, 0.25) is 5.28 Å². The lowest BCUT2D eigenvalue weighted by Crippen LogP contribution is -2.16. The van der Waals surface area contributed by atoms with Gasteiger partial charge in [0.25, 0.3) is 0 Å². The number of fused-ring (bicyclic) bond motifs is 1. The molecule has 0 saturated heterocycles. The lowest BCUT2D eigenvalue weighted by molar-refractivity contribution is -0.149. The third-order valence-corrected chi connectivity index (χ3v) is 3.22. The maximum atomic E-state index is 11.4. The number of esters is 1. The second kappa shape index (κ2) is 8.64. The molecule has 8 nitrogen and oxygen atoms in total. The summed E-state index contributed by atoms with van der Waals surface area (Å²) in [6, 6.07) is 0. The molecule has 9 heteroatoms. The van der Waals surface area contributed by atoms with Gasteiger partial charge in [-0.05, 0) is 18.0 Å². The van der Waals surface area contributed by atoms with Crippen molar-refractivity contribution in [3.63, 3.8) is 0 Å². The molecule has 0 saturated carbocycles. The van der Waals surface area contributed by atoms with E-state index in [-0.39, 0.29) is 17.9 Å². The zero-order valence-corrected chi connectivity index (χ0v) is 13.9. The molecule has 2 aromatic rings. The SMILES string of the molecule is CCCCOC(=O)COCCn1ncc2nc(Cl)nc(OC)c21. The molecule has 0 aliphatic heterocycles. The first-order valence-electron chi connectivity index (χ1n) is 7.32. The van der Waals surface area contributed by atoms with Crippen LogP contribution < -0.4 is 4.74 Å². The highest BCUT2D eigenvalue weighted by atomic mass is 35.5. The largest absolute Gasteiger partial charge is 0.479 e. The number of unbranched alkanes of at least 4 members (excludes halogenated alkanes) is 1. The Morgan fingerprint density at radius 3 is 2.91 bits per heavy atom. The average molecular weight is 343 g/mol. The van der Waals surface area contributed by atoms with Gasteiger partial charge in [0, 0.05) is 0 Å². The van der Waals surface area contributed by atoms with Crippen molar-refractivity contribution in [3.8, 4) is 5.88 Å². The molecule has 0 amide bonds. The smallest absolute Gasteiger partial charge is 0.332 e. The van der Waals surface area contributed by atoms with Gasteiger partial charge in [0.05, 0.1) is 33.1 Å². The Balaban J connectivity index is 1.87. The van der Waals surface area contributed by atoms with Crippen LogP contribution >= 0.6 is 11.6 Å². The minimum Gasteiger partial charge on any atom is -0.479 e. The summed E-state index contributed by atoms with van der Waals surface area (Å²) in [5.41, 5.74) is 1.21. The molecular weight excluding hydrogens is 324 g/mol. The van der Waals surface area contributed by atoms with E-state index < -0.39 is 0 Å². The first kappa shape index (κ1) is 17.4. The highest BCUT2D eigenvalue weighted by molar-refractivity contribution is 6.28. The van der Waals surface area contributed by atoms with E-state index in [4.69, 9.17) is 25.8 Å². The van der Waals surface area contributed by atoms with E-state index in [9.17, 15) is 4.79 Å². The van der Waals surface area contributed by atoms with E-state index in [1.54, 1.807) is 10.9 Å². The minimum absolute atomic E-state index is 0.0810. The third-order valence-electron chi connectivity index (χ3n) is 3.05. The van der Waals surface area contributed by atoms with Crippen LogP contribution in [0.1, 0.15) is 19.8 Å². The average Bonchev–Trinajstić information content (AvgIpc) is 2.94. The second-order valence-electron chi connectivity index (χ2n) is 4.73. The maximum absolute atomic E-state index is 11.4. The van der Waals surface area contributed by atoms with E-state index in [1.807, 2.05) is 6.92 Å². The number of rotatable bonds is 9. The second-order valence-corrected chi connectivity index (χ2v) is 5.07. The molecule has 0 bridgehead atoms. The molecule has 0 unspecified atom stereocenters. The van der Waals surface area contributed by atoms with Crippen LogP contribution in [0.25, 0.3) is 11.0 Å². The molecular formula is C14H19ClN4O4. The molecule has 0 radical (unpaired) electrons. The van der Waals surface area contributed by atoms with Gasteiger partial charge in [-0.1, -0.05) is 13.3 Å². The van der Waals surface area contributed by atoms with Gasteiger partial charge in [-0.15, -0.1) is 0 Å². The lowest BCUT2D eigenvalue weighted by atomic mass is 10.4. The number of carbonyl (C=O) groups excluding carboxylic acids is 1. The standard InChI is InChI=1S/C14H19ClN4O4/c1-3-4-6-23-11(20)9-22-7-5-19-12-10(8-16-19)17-14(15)18-13(12)21-2/h8H,3-7,9H2,1-2H3. The van der Waals surface area contributed by atoms with Crippen molar-refractivity contribution in [2.45, 2.75) is 26.3 Å². The molecule has 2 heterocycles. The number of hydrogen-bond donors (Lipinski definition) is 0. The maximum Gasteiger partial charge on any atom is 0.332 e. The van der Waals surface area contributed by atoms with E-state index in [0.717, 1.165) is 12.8 Å². The molecule has 126 valence electrons. The van der Waals surface area contributed by atoms with Gasteiger partial charge >= 0.3 is 5.97 Å². The quantitative estimate of drug-likeness (QED) is 0.390. The number of hydrogen-bond acceptors (Lipinski definition) is 7. The summed E-state index contributed by atoms with van der Waals surface area (Å²) in [4.78, 5) is 19.5. The van der Waals surface area contributed by atoms with Crippen molar-refractivity contribution in [1.82, 2.24) is 19.7 Å². The zero-order chi connectivity index (χ0) is 16.7. The van der Waals surface area contributed by atoms with Crippen molar-refractivity contribution < 1.29 is 19.0 Å². The van der Waals surface area contributed by atoms with E-state index in [0.29, 0.717) is 36.7 Å². The van der Waals surface area contributed by atoms with Crippen molar-refractivity contribution in [2.75, 3.05) is 26.9 Å². The summed E-state index contributed by atoms with van der Waals surface area (Å²) >= 11 is 5.81. The fourth-order valence-electron chi connectivity index (χ4n) is 1.93. The molecule has 2 rings (SSSR count). The van der Waals surface area contributed by atoms with E-state index >= 15 is 0 Å². The molecule has 0 atom stereocenters. The van der Waals surface area contributed by atoms with Crippen molar-refractivity contribution in [3.05, 3.63) is 11.5 Å². The normalized spacial score (nSPS) is 10.9. The Morgan fingerprint density at radius 1 is 1.35 bits per heavy atom. The third kappa shape index (κ3) is 4.77. The first-order valence-corrected chi connectivity index (χ1v) is 7.70. The lowest BCUT2D eigenvalue weighted by Gasteiger charge is -2.08. The number of methoxy groups -OCH3 is 1. The Morgan fingerprint density at radius 2 is 2.17 bits per heavy atom. The van der Waals surface area contributed by atoms with Crippen LogP contribution in [-0.4, -0.2) is 52.6 Å². The van der Waals surface area contributed by atoms with E-state index in [2.05, 4.69) is 15.1 Å². The predicted molar refractivity (Wildman–Crippen MR) is 83.6 cm³/mol. The molecule has 23 heavy (non-hydrogen) atoms. The summed E-state index contributed by atoms with van der Waals surface area (Å²) in [6.45, 7) is 3.10. The summed E-state index contributed by atoms with van der Waals surface area (Å²) in [5, 5.41) is 4.30. The first-order chi connectivity index (χ1) is 11.2. The van der Waals surface area contributed by atoms with Gasteiger partial charge in [0.15, 0.2) is 0 Å². The molecule has 0 aromatic carbocycles. The number of ether oxygens (including phenoxy) is 3. The van der Waals surface area contributed by atoms with Gasteiger partial charge < -0.3 is 14.2 Å². The molecule has 0 N–H and O–H groups in total. The fraction of sp³-hybridized carbons (Fsp3) is 0.571. The summed E-state index contributed by atoms with van der Waals surface area (Å²) in [7, 11) is 1.50. The highest BCUT2D eigenvalue weighted by Gasteiger charge is 2.13. The van der Waals surface area contributed by atoms with Crippen molar-refractivity contribution in [2.24, 2.45) is 0 Å². The summed E-state index contributed by atoms with van der Waals surface area (Å²) in [5.74, 6) is -0.0204. The topological polar surface area (TPSA) is 88.4 Å². The molecule has 0 spiro atoms. The van der Waals surface area contributed by atoms with Crippen molar-refractivity contribution >= 4 is 28.6 Å². The minimum atomic E-state index is -0.364. The Bertz CT molecular complexity index is 662. The zero-order valence-electron chi connectivity index (χ0n) is 13.1. The Hall–Kier alpha value is -1.93. The highest BCUT2D eigenvalue weighted by Crippen LogP contribution is 2.23. The fourth-order valence-corrected chi connectivity index (χ4v) is 2.10. The van der Waals surface area contributed by atoms with E-state index in [1.165, 1.54) is 7.11 Å². The number of nitrogens with zero attached hydrogens (tertiary/aromatic N) is 4. The van der Waals surface area contributed by atoms with Crippen LogP contribution in [0.15, 0.2) is 6.20 Å². The van der Waals surface area contributed by atoms with Crippen LogP contribution in [-0.2, 0) is 20.8 Å². The van der Waals surface area contributed by atoms with Crippen LogP contribution in [0.5, 0.6) is 5.88 Å². The molecule has 0 fully saturated rings. The Labute approximate surface area is 138 Å². The van der Waals surface area contributed by atoms with Crippen LogP contribution in [0.3, 0.4) is 0 Å². The van der Waals surface area contributed by atoms with Gasteiger partial charge in [-0.25, -0.2) is 9.78 Å². The van der Waals surface area contributed by atoms with Crippen molar-refractivity contribution in [1.29, 1.82) is 0 Å².